The van der Waals surface area contributed by atoms with Crippen molar-refractivity contribution in [3.63, 3.8) is 0 Å². The summed E-state index contributed by atoms with van der Waals surface area (Å²) in [7, 11) is 0. The molecule has 2 aromatic rings. The molecule has 108 valence electrons. The first-order chi connectivity index (χ1) is 9.55. The summed E-state index contributed by atoms with van der Waals surface area (Å²) in [6.45, 7) is 7.04. The SMILES string of the molecule is Cc1noc(C2(C)CCN(Cc3cnc(N)s3)CC2)n1. The van der Waals surface area contributed by atoms with Crippen LogP contribution in [0.2, 0.25) is 0 Å². The lowest BCUT2D eigenvalue weighted by Crippen LogP contribution is -2.40. The Morgan fingerprint density at radius 3 is 2.75 bits per heavy atom. The topological polar surface area (TPSA) is 81.1 Å². The summed E-state index contributed by atoms with van der Waals surface area (Å²) >= 11 is 1.57. The third-order valence-electron chi connectivity index (χ3n) is 3.95. The zero-order valence-corrected chi connectivity index (χ0v) is 12.6. The molecule has 0 spiro atoms. The van der Waals surface area contributed by atoms with Gasteiger partial charge >= 0.3 is 0 Å². The number of nitrogens with zero attached hydrogens (tertiary/aromatic N) is 4. The van der Waals surface area contributed by atoms with Crippen LogP contribution in [-0.4, -0.2) is 33.1 Å². The molecule has 1 aliphatic rings. The van der Waals surface area contributed by atoms with E-state index in [4.69, 9.17) is 10.3 Å². The molecule has 7 heteroatoms. The molecule has 0 aromatic carbocycles. The minimum absolute atomic E-state index is 0.00445. The predicted molar refractivity (Wildman–Crippen MR) is 77.4 cm³/mol. The molecule has 6 nitrogen and oxygen atoms in total. The highest BCUT2D eigenvalue weighted by Gasteiger charge is 2.36. The van der Waals surface area contributed by atoms with Crippen molar-refractivity contribution in [2.24, 2.45) is 0 Å². The van der Waals surface area contributed by atoms with Crippen LogP contribution >= 0.6 is 11.3 Å². The maximum Gasteiger partial charge on any atom is 0.232 e. The van der Waals surface area contributed by atoms with E-state index in [2.05, 4.69) is 26.9 Å². The van der Waals surface area contributed by atoms with Gasteiger partial charge in [0.25, 0.3) is 0 Å². The molecule has 0 amide bonds. The van der Waals surface area contributed by atoms with Crippen LogP contribution in [0.3, 0.4) is 0 Å². The summed E-state index contributed by atoms with van der Waals surface area (Å²) in [5.74, 6) is 1.49. The second-order valence-corrected chi connectivity index (χ2v) is 6.80. The van der Waals surface area contributed by atoms with Gasteiger partial charge in [0.1, 0.15) is 0 Å². The van der Waals surface area contributed by atoms with Crippen LogP contribution in [0.1, 0.15) is 36.4 Å². The van der Waals surface area contributed by atoms with Crippen LogP contribution in [0.5, 0.6) is 0 Å². The Morgan fingerprint density at radius 2 is 2.20 bits per heavy atom. The van der Waals surface area contributed by atoms with Crippen LogP contribution in [0.25, 0.3) is 0 Å². The fraction of sp³-hybridized carbons (Fsp3) is 0.615. The normalized spacial score (nSPS) is 19.3. The lowest BCUT2D eigenvalue weighted by Gasteiger charge is -2.36. The largest absolute Gasteiger partial charge is 0.375 e. The summed E-state index contributed by atoms with van der Waals surface area (Å²) in [6, 6.07) is 0. The molecule has 3 heterocycles. The molecule has 0 saturated carbocycles. The smallest absolute Gasteiger partial charge is 0.232 e. The fourth-order valence-electron chi connectivity index (χ4n) is 2.58. The summed E-state index contributed by atoms with van der Waals surface area (Å²) in [5, 5.41) is 4.55. The van der Waals surface area contributed by atoms with Crippen molar-refractivity contribution in [3.05, 3.63) is 22.8 Å². The highest BCUT2D eigenvalue weighted by molar-refractivity contribution is 7.15. The van der Waals surface area contributed by atoms with Gasteiger partial charge in [0.05, 0.1) is 0 Å². The Bertz CT molecular complexity index is 585. The maximum absolute atomic E-state index is 5.67. The van der Waals surface area contributed by atoms with Crippen LogP contribution in [0.15, 0.2) is 10.7 Å². The van der Waals surface area contributed by atoms with E-state index in [0.717, 1.165) is 38.4 Å². The predicted octanol–water partition coefficient (Wildman–Crippen LogP) is 1.97. The number of likely N-dealkylation sites (tertiary alicyclic amines) is 1. The number of piperidine rings is 1. The standard InChI is InChI=1S/C13H19N5OS/c1-9-16-11(19-17-9)13(2)3-5-18(6-4-13)8-10-7-15-12(14)20-10/h7H,3-6,8H2,1-2H3,(H2,14,15). The lowest BCUT2D eigenvalue weighted by atomic mass is 9.80. The number of anilines is 1. The second-order valence-electron chi connectivity index (χ2n) is 5.65. The van der Waals surface area contributed by atoms with Gasteiger partial charge in [-0.25, -0.2) is 4.98 Å². The first-order valence-corrected chi connectivity index (χ1v) is 7.60. The second kappa shape index (κ2) is 5.14. The number of thiazole rings is 1. The molecular formula is C13H19N5OS. The molecule has 3 rings (SSSR count). The van der Waals surface area contributed by atoms with E-state index < -0.39 is 0 Å². The average Bonchev–Trinajstić information content (AvgIpc) is 3.02. The van der Waals surface area contributed by atoms with E-state index in [1.807, 2.05) is 13.1 Å². The van der Waals surface area contributed by atoms with Gasteiger partial charge in [-0.1, -0.05) is 12.1 Å². The van der Waals surface area contributed by atoms with Crippen molar-refractivity contribution in [1.82, 2.24) is 20.0 Å². The lowest BCUT2D eigenvalue weighted by molar-refractivity contribution is 0.138. The van der Waals surface area contributed by atoms with Gasteiger partial charge in [-0.3, -0.25) is 4.90 Å². The minimum atomic E-state index is 0.00445. The third kappa shape index (κ3) is 2.69. The van der Waals surface area contributed by atoms with Crippen molar-refractivity contribution in [2.75, 3.05) is 18.8 Å². The van der Waals surface area contributed by atoms with Crippen LogP contribution in [0.4, 0.5) is 5.13 Å². The van der Waals surface area contributed by atoms with Gasteiger partial charge in [-0.2, -0.15) is 4.98 Å². The molecule has 0 radical (unpaired) electrons. The van der Waals surface area contributed by atoms with Gasteiger partial charge in [0.15, 0.2) is 11.0 Å². The van der Waals surface area contributed by atoms with E-state index in [0.29, 0.717) is 11.0 Å². The van der Waals surface area contributed by atoms with Gasteiger partial charge in [0, 0.05) is 23.0 Å². The summed E-state index contributed by atoms with van der Waals surface area (Å²) in [4.78, 5) is 12.1. The van der Waals surface area contributed by atoms with Crippen molar-refractivity contribution in [2.45, 2.75) is 38.6 Å². The first-order valence-electron chi connectivity index (χ1n) is 6.78. The van der Waals surface area contributed by atoms with Crippen molar-refractivity contribution >= 4 is 16.5 Å². The van der Waals surface area contributed by atoms with Gasteiger partial charge in [0.2, 0.25) is 5.89 Å². The zero-order valence-electron chi connectivity index (χ0n) is 11.8. The molecule has 2 aromatic heterocycles. The van der Waals surface area contributed by atoms with Crippen LogP contribution < -0.4 is 5.73 Å². The number of rotatable bonds is 3. The number of nitrogen functional groups attached to an aromatic ring is 1. The number of nitrogens with two attached hydrogens (primary N) is 1. The van der Waals surface area contributed by atoms with E-state index in [1.165, 1.54) is 4.88 Å². The van der Waals surface area contributed by atoms with Crippen molar-refractivity contribution < 1.29 is 4.52 Å². The molecule has 0 aliphatic carbocycles. The summed E-state index contributed by atoms with van der Waals surface area (Å²) in [6.07, 6.45) is 3.93. The number of aryl methyl sites for hydroxylation is 1. The fourth-order valence-corrected chi connectivity index (χ4v) is 3.30. The Hall–Kier alpha value is -1.47. The first kappa shape index (κ1) is 13.5. The number of hydrogen-bond acceptors (Lipinski definition) is 7. The Balaban J connectivity index is 1.61. The summed E-state index contributed by atoms with van der Waals surface area (Å²) < 4.78 is 5.36. The van der Waals surface area contributed by atoms with Crippen LogP contribution in [-0.2, 0) is 12.0 Å². The van der Waals surface area contributed by atoms with E-state index >= 15 is 0 Å². The molecule has 20 heavy (non-hydrogen) atoms. The number of aromatic nitrogens is 3. The molecule has 0 bridgehead atoms. The molecule has 1 aliphatic heterocycles. The van der Waals surface area contributed by atoms with E-state index in [9.17, 15) is 0 Å². The van der Waals surface area contributed by atoms with E-state index in [-0.39, 0.29) is 5.41 Å². The Morgan fingerprint density at radius 1 is 1.45 bits per heavy atom. The van der Waals surface area contributed by atoms with Crippen molar-refractivity contribution in [1.29, 1.82) is 0 Å². The third-order valence-corrected chi connectivity index (χ3v) is 4.77. The van der Waals surface area contributed by atoms with E-state index in [1.54, 1.807) is 11.3 Å². The molecular weight excluding hydrogens is 274 g/mol. The Kier molecular flexibility index (Phi) is 3.47. The summed E-state index contributed by atoms with van der Waals surface area (Å²) in [5.41, 5.74) is 5.67. The Labute approximate surface area is 122 Å². The van der Waals surface area contributed by atoms with Crippen molar-refractivity contribution in [3.8, 4) is 0 Å². The molecule has 0 atom stereocenters. The highest BCUT2D eigenvalue weighted by Crippen LogP contribution is 2.34. The average molecular weight is 293 g/mol. The minimum Gasteiger partial charge on any atom is -0.375 e. The van der Waals surface area contributed by atoms with Crippen LogP contribution in [0, 0.1) is 6.92 Å². The zero-order chi connectivity index (χ0) is 14.2. The highest BCUT2D eigenvalue weighted by atomic mass is 32.1. The van der Waals surface area contributed by atoms with Gasteiger partial charge in [-0.05, 0) is 32.9 Å². The quantitative estimate of drug-likeness (QED) is 0.932. The number of hydrogen-bond donors (Lipinski definition) is 1. The maximum atomic E-state index is 5.67. The molecule has 1 saturated heterocycles. The van der Waals surface area contributed by atoms with Gasteiger partial charge < -0.3 is 10.3 Å². The molecule has 2 N–H and O–H groups in total. The molecule has 0 unspecified atom stereocenters. The molecule has 1 fully saturated rings. The monoisotopic (exact) mass is 293 g/mol. The van der Waals surface area contributed by atoms with Gasteiger partial charge in [-0.15, -0.1) is 11.3 Å².